The second-order valence-electron chi connectivity index (χ2n) is 6.82. The second kappa shape index (κ2) is 9.44. The van der Waals surface area contributed by atoms with Gasteiger partial charge in [-0.1, -0.05) is 31.3 Å². The maximum absolute atomic E-state index is 12.9. The molecule has 2 aromatic carbocycles. The summed E-state index contributed by atoms with van der Waals surface area (Å²) >= 11 is 2.91. The van der Waals surface area contributed by atoms with E-state index in [0.717, 1.165) is 10.4 Å². The van der Waals surface area contributed by atoms with Gasteiger partial charge in [-0.05, 0) is 36.4 Å². The van der Waals surface area contributed by atoms with Gasteiger partial charge in [-0.25, -0.2) is 13.6 Å². The number of ether oxygens (including phenoxy) is 1. The summed E-state index contributed by atoms with van der Waals surface area (Å²) in [7, 11) is -2.23. The van der Waals surface area contributed by atoms with Crippen molar-refractivity contribution in [2.75, 3.05) is 13.7 Å². The summed E-state index contributed by atoms with van der Waals surface area (Å²) in [6.45, 7) is 5.08. The first-order chi connectivity index (χ1) is 14.2. The Hall–Kier alpha value is -1.98. The molecular weight excluding hydrogens is 442 g/mol. The van der Waals surface area contributed by atoms with E-state index < -0.39 is 10.0 Å². The number of benzene rings is 2. The fraction of sp³-hybridized carbons (Fsp3) is 0.300. The van der Waals surface area contributed by atoms with Gasteiger partial charge in [0.2, 0.25) is 10.0 Å². The van der Waals surface area contributed by atoms with Crippen LogP contribution in [-0.2, 0) is 21.3 Å². The fourth-order valence-electron chi connectivity index (χ4n) is 2.84. The quantitative estimate of drug-likeness (QED) is 0.540. The normalized spacial score (nSPS) is 12.8. The first-order valence-corrected chi connectivity index (χ1v) is 12.4. The molecule has 0 atom stereocenters. The summed E-state index contributed by atoms with van der Waals surface area (Å²) in [5.74, 6) is -0.356. The van der Waals surface area contributed by atoms with E-state index in [1.54, 1.807) is 31.0 Å². The van der Waals surface area contributed by atoms with Crippen LogP contribution in [-0.4, -0.2) is 37.9 Å². The Bertz CT molecular complexity index is 1240. The van der Waals surface area contributed by atoms with E-state index in [-0.39, 0.29) is 10.8 Å². The number of hydrogen-bond acceptors (Lipinski definition) is 6. The van der Waals surface area contributed by atoms with E-state index in [9.17, 15) is 13.2 Å². The van der Waals surface area contributed by atoms with Gasteiger partial charge in [0, 0.05) is 29.4 Å². The van der Waals surface area contributed by atoms with Crippen LogP contribution in [0.3, 0.4) is 0 Å². The molecule has 30 heavy (non-hydrogen) atoms. The highest BCUT2D eigenvalue weighted by Crippen LogP contribution is 2.24. The van der Waals surface area contributed by atoms with Crippen LogP contribution in [0.4, 0.5) is 0 Å². The molecule has 0 saturated heterocycles. The van der Waals surface area contributed by atoms with Crippen molar-refractivity contribution in [2.24, 2.45) is 10.1 Å². The summed E-state index contributed by atoms with van der Waals surface area (Å²) in [4.78, 5) is 18.7. The number of thiazole rings is 1. The smallest absolute Gasteiger partial charge is 0.279 e. The molecule has 0 bridgehead atoms. The number of carbonyl (C=O) groups excluding carboxylic acids is 1. The van der Waals surface area contributed by atoms with E-state index in [0.29, 0.717) is 33.5 Å². The van der Waals surface area contributed by atoms with Crippen molar-refractivity contribution in [2.45, 2.75) is 35.4 Å². The molecule has 1 heterocycles. The number of nitrogens with two attached hydrogens (primary N) is 1. The Kier molecular flexibility index (Phi) is 7.14. The van der Waals surface area contributed by atoms with Gasteiger partial charge in [-0.3, -0.25) is 4.79 Å². The molecule has 3 aromatic rings. The monoisotopic (exact) mass is 465 g/mol. The van der Waals surface area contributed by atoms with Crippen molar-refractivity contribution >= 4 is 49.2 Å². The summed E-state index contributed by atoms with van der Waals surface area (Å²) in [6, 6.07) is 12.0. The first kappa shape index (κ1) is 22.7. The lowest BCUT2D eigenvalue weighted by Crippen LogP contribution is -2.19. The molecule has 1 aromatic heterocycles. The maximum atomic E-state index is 12.9. The number of aromatic nitrogens is 1. The standard InChI is InChI=1S/C20H23N3O4S3/c1-13(2)28-15-6-4-5-14(11-15)19(24)22-20-23(9-10-27-3)17-8-7-16(30(21,25)26)12-18(17)29-20/h4-8,11-13H,9-10H2,1-3H3,(H2,21,25,26). The zero-order valence-corrected chi connectivity index (χ0v) is 19.3. The SMILES string of the molecule is COCCn1c(=NC(=O)c2cccc(SC(C)C)c2)sc2cc(S(N)(=O)=O)ccc21. The van der Waals surface area contributed by atoms with Crippen molar-refractivity contribution in [3.05, 3.63) is 52.8 Å². The number of sulfonamides is 1. The lowest BCUT2D eigenvalue weighted by atomic mass is 10.2. The van der Waals surface area contributed by atoms with Gasteiger partial charge >= 0.3 is 0 Å². The molecule has 2 N–H and O–H groups in total. The Morgan fingerprint density at radius 3 is 2.70 bits per heavy atom. The number of methoxy groups -OCH3 is 1. The Labute approximate surface area is 183 Å². The molecule has 0 saturated carbocycles. The Balaban J connectivity index is 2.08. The molecular formula is C20H23N3O4S3. The molecule has 0 aliphatic rings. The van der Waals surface area contributed by atoms with Gasteiger partial charge in [0.15, 0.2) is 4.80 Å². The molecule has 7 nitrogen and oxygen atoms in total. The minimum absolute atomic E-state index is 0.0198. The molecule has 0 fully saturated rings. The minimum atomic E-state index is -3.82. The molecule has 0 spiro atoms. The molecule has 10 heteroatoms. The summed E-state index contributed by atoms with van der Waals surface area (Å²) < 4.78 is 31.1. The van der Waals surface area contributed by atoms with Crippen molar-refractivity contribution in [1.82, 2.24) is 4.57 Å². The third-order valence-corrected chi connectivity index (χ3v) is 7.10. The highest BCUT2D eigenvalue weighted by molar-refractivity contribution is 7.99. The molecule has 0 aliphatic carbocycles. The summed E-state index contributed by atoms with van der Waals surface area (Å²) in [5.41, 5.74) is 1.27. The van der Waals surface area contributed by atoms with Crippen molar-refractivity contribution in [1.29, 1.82) is 0 Å². The number of carbonyl (C=O) groups is 1. The average Bonchev–Trinajstić information content (AvgIpc) is 3.01. The third kappa shape index (κ3) is 5.38. The van der Waals surface area contributed by atoms with E-state index in [1.165, 1.54) is 23.5 Å². The zero-order valence-electron chi connectivity index (χ0n) is 16.9. The van der Waals surface area contributed by atoms with E-state index in [2.05, 4.69) is 18.8 Å². The lowest BCUT2D eigenvalue weighted by molar-refractivity contribution is 0.0997. The van der Waals surface area contributed by atoms with Crippen molar-refractivity contribution in [3.63, 3.8) is 0 Å². The topological polar surface area (TPSA) is 104 Å². The average molecular weight is 466 g/mol. The predicted molar refractivity (Wildman–Crippen MR) is 120 cm³/mol. The van der Waals surface area contributed by atoms with Gasteiger partial charge in [0.25, 0.3) is 5.91 Å². The van der Waals surface area contributed by atoms with Gasteiger partial charge in [0.1, 0.15) is 0 Å². The molecule has 3 rings (SSSR count). The van der Waals surface area contributed by atoms with Crippen LogP contribution in [0.1, 0.15) is 24.2 Å². The van der Waals surface area contributed by atoms with Gasteiger partial charge in [-0.2, -0.15) is 4.99 Å². The van der Waals surface area contributed by atoms with Crippen molar-refractivity contribution in [3.8, 4) is 0 Å². The number of thioether (sulfide) groups is 1. The van der Waals surface area contributed by atoms with Crippen LogP contribution in [0.2, 0.25) is 0 Å². The number of hydrogen-bond donors (Lipinski definition) is 1. The number of amides is 1. The first-order valence-electron chi connectivity index (χ1n) is 9.20. The fourth-order valence-corrected chi connectivity index (χ4v) is 5.45. The number of primary sulfonamides is 1. The predicted octanol–water partition coefficient (Wildman–Crippen LogP) is 3.24. The highest BCUT2D eigenvalue weighted by atomic mass is 32.2. The minimum Gasteiger partial charge on any atom is -0.383 e. The van der Waals surface area contributed by atoms with Crippen LogP contribution in [0.15, 0.2) is 57.2 Å². The number of nitrogens with zero attached hydrogens (tertiary/aromatic N) is 2. The molecule has 160 valence electrons. The molecule has 0 aliphatic heterocycles. The van der Waals surface area contributed by atoms with Crippen LogP contribution in [0.25, 0.3) is 10.2 Å². The van der Waals surface area contributed by atoms with Crippen LogP contribution in [0.5, 0.6) is 0 Å². The number of rotatable bonds is 7. The molecule has 1 amide bonds. The van der Waals surface area contributed by atoms with Crippen molar-refractivity contribution < 1.29 is 17.9 Å². The van der Waals surface area contributed by atoms with E-state index >= 15 is 0 Å². The maximum Gasteiger partial charge on any atom is 0.279 e. The van der Waals surface area contributed by atoms with Crippen LogP contribution >= 0.6 is 23.1 Å². The van der Waals surface area contributed by atoms with Gasteiger partial charge < -0.3 is 9.30 Å². The number of fused-ring (bicyclic) bond motifs is 1. The summed E-state index contributed by atoms with van der Waals surface area (Å²) in [5, 5.41) is 5.65. The van der Waals surface area contributed by atoms with E-state index in [1.807, 2.05) is 22.8 Å². The van der Waals surface area contributed by atoms with Gasteiger partial charge in [0.05, 0.1) is 21.7 Å². The largest absolute Gasteiger partial charge is 0.383 e. The third-order valence-electron chi connectivity index (χ3n) is 4.15. The Morgan fingerprint density at radius 2 is 2.03 bits per heavy atom. The molecule has 0 radical (unpaired) electrons. The van der Waals surface area contributed by atoms with E-state index in [4.69, 9.17) is 9.88 Å². The van der Waals surface area contributed by atoms with Gasteiger partial charge in [-0.15, -0.1) is 11.8 Å². The molecule has 0 unspecified atom stereocenters. The lowest BCUT2D eigenvalue weighted by Gasteiger charge is -2.06. The summed E-state index contributed by atoms with van der Waals surface area (Å²) in [6.07, 6.45) is 0. The highest BCUT2D eigenvalue weighted by Gasteiger charge is 2.14. The van der Waals surface area contributed by atoms with Crippen LogP contribution in [0, 0.1) is 0 Å². The second-order valence-corrected chi connectivity index (χ2v) is 11.0. The Morgan fingerprint density at radius 1 is 1.27 bits per heavy atom. The van der Waals surface area contributed by atoms with Crippen LogP contribution < -0.4 is 9.94 Å². The zero-order chi connectivity index (χ0) is 21.9.